The predicted octanol–water partition coefficient (Wildman–Crippen LogP) is 5.17. The SMILES string of the molecule is Cc1cc2c(cc1/C=N\NC(=O)c1ccc([N+](=O)[O-])cc1)[C@H](C)CC(C)(C)N2C(C)C. The Morgan fingerprint density at radius 1 is 1.29 bits per heavy atom. The van der Waals surface area contributed by atoms with Crippen LogP contribution in [0.1, 0.15) is 74.0 Å². The van der Waals surface area contributed by atoms with Crippen molar-refractivity contribution in [1.82, 2.24) is 5.43 Å². The molecule has 0 aliphatic carbocycles. The van der Waals surface area contributed by atoms with Gasteiger partial charge in [-0.1, -0.05) is 6.92 Å². The van der Waals surface area contributed by atoms with Gasteiger partial charge in [0.05, 0.1) is 11.1 Å². The summed E-state index contributed by atoms with van der Waals surface area (Å²) in [4.78, 5) is 25.0. The quantitative estimate of drug-likeness (QED) is 0.409. The van der Waals surface area contributed by atoms with Gasteiger partial charge in [-0.25, -0.2) is 5.43 Å². The molecule has 1 aliphatic rings. The number of nitro groups is 1. The zero-order valence-corrected chi connectivity index (χ0v) is 19.0. The van der Waals surface area contributed by atoms with E-state index in [9.17, 15) is 14.9 Å². The van der Waals surface area contributed by atoms with Crippen molar-refractivity contribution in [2.24, 2.45) is 5.10 Å². The average molecular weight is 423 g/mol. The first kappa shape index (κ1) is 22.5. The van der Waals surface area contributed by atoms with Crippen molar-refractivity contribution < 1.29 is 9.72 Å². The molecule has 31 heavy (non-hydrogen) atoms. The van der Waals surface area contributed by atoms with Gasteiger partial charge in [-0.15, -0.1) is 0 Å². The van der Waals surface area contributed by atoms with Crippen LogP contribution in [-0.4, -0.2) is 28.6 Å². The van der Waals surface area contributed by atoms with Crippen LogP contribution < -0.4 is 10.3 Å². The molecule has 1 atom stereocenters. The summed E-state index contributed by atoms with van der Waals surface area (Å²) in [7, 11) is 0. The summed E-state index contributed by atoms with van der Waals surface area (Å²) in [5.74, 6) is 0.00492. The smallest absolute Gasteiger partial charge is 0.271 e. The van der Waals surface area contributed by atoms with Crippen molar-refractivity contribution >= 4 is 23.5 Å². The molecule has 0 fully saturated rings. The summed E-state index contributed by atoms with van der Waals surface area (Å²) in [5.41, 5.74) is 7.45. The number of nitrogens with zero attached hydrogens (tertiary/aromatic N) is 3. The lowest BCUT2D eigenvalue weighted by atomic mass is 9.78. The van der Waals surface area contributed by atoms with Gasteiger partial charge < -0.3 is 4.90 Å². The molecule has 0 spiro atoms. The number of benzene rings is 2. The number of aryl methyl sites for hydroxylation is 1. The summed E-state index contributed by atoms with van der Waals surface area (Å²) in [6.45, 7) is 13.3. The van der Waals surface area contributed by atoms with E-state index in [1.807, 2.05) is 6.92 Å². The number of rotatable bonds is 5. The number of anilines is 1. The van der Waals surface area contributed by atoms with E-state index in [2.05, 4.69) is 62.2 Å². The number of non-ortho nitro benzene ring substituents is 1. The Morgan fingerprint density at radius 2 is 1.94 bits per heavy atom. The Kier molecular flexibility index (Phi) is 6.15. The minimum atomic E-state index is -0.499. The average Bonchev–Trinajstić information content (AvgIpc) is 2.67. The molecule has 2 aromatic rings. The normalized spacial score (nSPS) is 17.6. The van der Waals surface area contributed by atoms with Crippen molar-refractivity contribution in [2.45, 2.75) is 65.5 Å². The molecule has 0 radical (unpaired) electrons. The third-order valence-corrected chi connectivity index (χ3v) is 5.89. The number of hydrogen-bond donors (Lipinski definition) is 1. The zero-order chi connectivity index (χ0) is 22.9. The predicted molar refractivity (Wildman–Crippen MR) is 124 cm³/mol. The van der Waals surface area contributed by atoms with Gasteiger partial charge in [0.2, 0.25) is 0 Å². The van der Waals surface area contributed by atoms with Crippen LogP contribution in [-0.2, 0) is 0 Å². The van der Waals surface area contributed by atoms with E-state index >= 15 is 0 Å². The molecule has 7 heteroatoms. The maximum atomic E-state index is 12.3. The second kappa shape index (κ2) is 8.49. The van der Waals surface area contributed by atoms with Crippen LogP contribution in [0.15, 0.2) is 41.5 Å². The number of hydrogen-bond acceptors (Lipinski definition) is 5. The molecule has 0 aromatic heterocycles. The molecule has 1 aliphatic heterocycles. The Bertz CT molecular complexity index is 1030. The summed E-state index contributed by atoms with van der Waals surface area (Å²) < 4.78 is 0. The van der Waals surface area contributed by atoms with Gasteiger partial charge in [-0.2, -0.15) is 5.10 Å². The minimum absolute atomic E-state index is 0.0579. The fraction of sp³-hybridized carbons (Fsp3) is 0.417. The number of fused-ring (bicyclic) bond motifs is 1. The summed E-state index contributed by atoms with van der Waals surface area (Å²) in [6, 6.07) is 10.2. The van der Waals surface area contributed by atoms with Gasteiger partial charge in [0.15, 0.2) is 0 Å². The number of hydrazone groups is 1. The third kappa shape index (κ3) is 4.60. The Morgan fingerprint density at radius 3 is 2.52 bits per heavy atom. The van der Waals surface area contributed by atoms with Crippen LogP contribution in [0.4, 0.5) is 11.4 Å². The van der Waals surface area contributed by atoms with Crippen LogP contribution in [0.5, 0.6) is 0 Å². The van der Waals surface area contributed by atoms with Crippen molar-refractivity contribution in [2.75, 3.05) is 4.90 Å². The Labute approximate surface area is 183 Å². The van der Waals surface area contributed by atoms with Gasteiger partial charge in [0.25, 0.3) is 11.6 Å². The second-order valence-corrected chi connectivity index (χ2v) is 9.15. The lowest BCUT2D eigenvalue weighted by Gasteiger charge is -2.50. The summed E-state index contributed by atoms with van der Waals surface area (Å²) in [5, 5.41) is 14.9. The number of amides is 1. The highest BCUT2D eigenvalue weighted by atomic mass is 16.6. The fourth-order valence-corrected chi connectivity index (χ4v) is 4.69. The number of carbonyl (C=O) groups is 1. The summed E-state index contributed by atoms with van der Waals surface area (Å²) >= 11 is 0. The van der Waals surface area contributed by atoms with Crippen LogP contribution >= 0.6 is 0 Å². The molecule has 3 rings (SSSR count). The maximum Gasteiger partial charge on any atom is 0.271 e. The first-order chi connectivity index (χ1) is 14.5. The minimum Gasteiger partial charge on any atom is -0.364 e. The highest BCUT2D eigenvalue weighted by molar-refractivity contribution is 5.95. The molecule has 0 unspecified atom stereocenters. The van der Waals surface area contributed by atoms with Crippen molar-refractivity contribution in [3.8, 4) is 0 Å². The largest absolute Gasteiger partial charge is 0.364 e. The molecule has 7 nitrogen and oxygen atoms in total. The number of nitrogens with one attached hydrogen (secondary N) is 1. The highest BCUT2D eigenvalue weighted by Crippen LogP contribution is 2.45. The molecule has 1 amide bonds. The molecule has 1 N–H and O–H groups in total. The van der Waals surface area contributed by atoms with Gasteiger partial charge in [-0.3, -0.25) is 14.9 Å². The van der Waals surface area contributed by atoms with Crippen LogP contribution in [0.3, 0.4) is 0 Å². The van der Waals surface area contributed by atoms with Gasteiger partial charge in [0.1, 0.15) is 0 Å². The molecular formula is C24H30N4O3. The van der Waals surface area contributed by atoms with E-state index in [0.29, 0.717) is 17.5 Å². The summed E-state index contributed by atoms with van der Waals surface area (Å²) in [6.07, 6.45) is 2.72. The third-order valence-electron chi connectivity index (χ3n) is 5.89. The highest BCUT2D eigenvalue weighted by Gasteiger charge is 2.37. The van der Waals surface area contributed by atoms with Crippen LogP contribution in [0, 0.1) is 17.0 Å². The van der Waals surface area contributed by atoms with Crippen molar-refractivity contribution in [3.63, 3.8) is 0 Å². The Hall–Kier alpha value is -3.22. The maximum absolute atomic E-state index is 12.3. The lowest BCUT2D eigenvalue weighted by molar-refractivity contribution is -0.384. The van der Waals surface area contributed by atoms with E-state index in [-0.39, 0.29) is 11.2 Å². The van der Waals surface area contributed by atoms with E-state index < -0.39 is 10.8 Å². The van der Waals surface area contributed by atoms with Gasteiger partial charge in [-0.05, 0) is 87.9 Å². The molecule has 1 heterocycles. The van der Waals surface area contributed by atoms with Crippen molar-refractivity contribution in [3.05, 3.63) is 68.8 Å². The Balaban J connectivity index is 1.81. The standard InChI is InChI=1S/C24H30N4O3/c1-15(2)27-22-11-16(3)19(12-21(22)17(4)13-24(27,5)6)14-25-26-23(29)18-7-9-20(10-8-18)28(30)31/h7-12,14-15,17H,13H2,1-6H3,(H,26,29)/b25-14-/t17-/m1/s1. The fourth-order valence-electron chi connectivity index (χ4n) is 4.69. The molecule has 2 aromatic carbocycles. The molecule has 0 saturated carbocycles. The molecule has 0 bridgehead atoms. The number of nitro benzene ring substituents is 1. The van der Waals surface area contributed by atoms with Crippen LogP contribution in [0.2, 0.25) is 0 Å². The van der Waals surface area contributed by atoms with Gasteiger partial charge in [0, 0.05) is 35.0 Å². The van der Waals surface area contributed by atoms with Gasteiger partial charge >= 0.3 is 0 Å². The molecule has 164 valence electrons. The number of carbonyl (C=O) groups excluding carboxylic acids is 1. The second-order valence-electron chi connectivity index (χ2n) is 9.15. The van der Waals surface area contributed by atoms with E-state index in [1.165, 1.54) is 35.5 Å². The lowest BCUT2D eigenvalue weighted by Crippen LogP contribution is -2.51. The van der Waals surface area contributed by atoms with E-state index in [0.717, 1.165) is 17.5 Å². The zero-order valence-electron chi connectivity index (χ0n) is 19.0. The first-order valence-corrected chi connectivity index (χ1v) is 10.5. The van der Waals surface area contributed by atoms with Crippen molar-refractivity contribution in [1.29, 1.82) is 0 Å². The monoisotopic (exact) mass is 422 g/mol. The molecular weight excluding hydrogens is 392 g/mol. The van der Waals surface area contributed by atoms with E-state index in [4.69, 9.17) is 0 Å². The topological polar surface area (TPSA) is 87.8 Å². The van der Waals surface area contributed by atoms with E-state index in [1.54, 1.807) is 6.21 Å². The van der Waals surface area contributed by atoms with Crippen LogP contribution in [0.25, 0.3) is 0 Å². The first-order valence-electron chi connectivity index (χ1n) is 10.5. The molecule has 0 saturated heterocycles.